The summed E-state index contributed by atoms with van der Waals surface area (Å²) in [6, 6.07) is 0.406. The fourth-order valence-corrected chi connectivity index (χ4v) is 3.05. The molecule has 3 unspecified atom stereocenters. The van der Waals surface area contributed by atoms with Gasteiger partial charge in [-0.3, -0.25) is 0 Å². The molecule has 1 N–H and O–H groups in total. The Kier molecular flexibility index (Phi) is 3.50. The molecule has 0 amide bonds. The topological polar surface area (TPSA) is 28.2 Å². The molecule has 0 spiro atoms. The van der Waals surface area contributed by atoms with E-state index in [9.17, 15) is 0 Å². The fourth-order valence-electron chi connectivity index (χ4n) is 2.05. The minimum absolute atomic E-state index is 0.406. The molecule has 90 valence electrons. The summed E-state index contributed by atoms with van der Waals surface area (Å²) >= 11 is 1.82. The second-order valence-electron chi connectivity index (χ2n) is 4.92. The van der Waals surface area contributed by atoms with Gasteiger partial charge in [-0.1, -0.05) is 13.8 Å². The Morgan fingerprint density at radius 1 is 1.44 bits per heavy atom. The summed E-state index contributed by atoms with van der Waals surface area (Å²) in [6.45, 7) is 9.14. The van der Waals surface area contributed by atoms with Crippen molar-refractivity contribution in [3.8, 4) is 0 Å². The van der Waals surface area contributed by atoms with Crippen LogP contribution < -0.4 is 10.2 Å². The van der Waals surface area contributed by atoms with Crippen LogP contribution in [0.4, 0.5) is 5.13 Å². The fraction of sp³-hybridized carbons (Fsp3) is 0.750. The number of anilines is 1. The second kappa shape index (κ2) is 4.72. The third kappa shape index (κ3) is 2.23. The number of aromatic nitrogens is 1. The average molecular weight is 239 g/mol. The lowest BCUT2D eigenvalue weighted by Crippen LogP contribution is -2.19. The highest BCUT2D eigenvalue weighted by atomic mass is 32.1. The lowest BCUT2D eigenvalue weighted by molar-refractivity contribution is 0.494. The Bertz CT molecular complexity index is 340. The summed E-state index contributed by atoms with van der Waals surface area (Å²) in [4.78, 5) is 8.29. The lowest BCUT2D eigenvalue weighted by Gasteiger charge is -2.13. The first-order chi connectivity index (χ1) is 7.61. The van der Waals surface area contributed by atoms with E-state index in [1.54, 1.807) is 0 Å². The maximum atomic E-state index is 4.54. The molecular weight excluding hydrogens is 218 g/mol. The van der Waals surface area contributed by atoms with Crippen LogP contribution in [0.15, 0.2) is 6.20 Å². The van der Waals surface area contributed by atoms with Gasteiger partial charge in [0.05, 0.1) is 0 Å². The van der Waals surface area contributed by atoms with Gasteiger partial charge in [-0.05, 0) is 25.8 Å². The first kappa shape index (κ1) is 11.9. The Morgan fingerprint density at radius 2 is 2.06 bits per heavy atom. The van der Waals surface area contributed by atoms with E-state index in [0.29, 0.717) is 6.04 Å². The number of rotatable bonds is 3. The van der Waals surface area contributed by atoms with Crippen LogP contribution in [0.3, 0.4) is 0 Å². The molecule has 2 rings (SSSR count). The van der Waals surface area contributed by atoms with Gasteiger partial charge in [-0.15, -0.1) is 11.3 Å². The summed E-state index contributed by atoms with van der Waals surface area (Å²) in [6.07, 6.45) is 2.01. The predicted octanol–water partition coefficient (Wildman–Crippen LogP) is 2.52. The van der Waals surface area contributed by atoms with Gasteiger partial charge in [-0.2, -0.15) is 0 Å². The van der Waals surface area contributed by atoms with Crippen LogP contribution >= 0.6 is 11.3 Å². The Hall–Kier alpha value is -0.610. The summed E-state index contributed by atoms with van der Waals surface area (Å²) in [5.74, 6) is 1.57. The second-order valence-corrected chi connectivity index (χ2v) is 5.96. The quantitative estimate of drug-likeness (QED) is 0.878. The van der Waals surface area contributed by atoms with E-state index < -0.39 is 0 Å². The van der Waals surface area contributed by atoms with E-state index in [0.717, 1.165) is 24.9 Å². The maximum absolute atomic E-state index is 4.54. The summed E-state index contributed by atoms with van der Waals surface area (Å²) in [7, 11) is 1.99. The molecule has 0 radical (unpaired) electrons. The van der Waals surface area contributed by atoms with Crippen molar-refractivity contribution in [1.29, 1.82) is 0 Å². The molecule has 0 bridgehead atoms. The Balaban J connectivity index is 2.08. The Morgan fingerprint density at radius 3 is 2.62 bits per heavy atom. The first-order valence-corrected chi connectivity index (χ1v) is 6.81. The highest BCUT2D eigenvalue weighted by Crippen LogP contribution is 2.32. The molecule has 1 saturated heterocycles. The number of nitrogens with zero attached hydrogens (tertiary/aromatic N) is 2. The van der Waals surface area contributed by atoms with Crippen LogP contribution in [-0.2, 0) is 0 Å². The average Bonchev–Trinajstić information content (AvgIpc) is 2.86. The molecule has 3 nitrogen and oxygen atoms in total. The van der Waals surface area contributed by atoms with E-state index in [4.69, 9.17) is 0 Å². The largest absolute Gasteiger partial charge is 0.348 e. The van der Waals surface area contributed by atoms with Crippen molar-refractivity contribution in [2.45, 2.75) is 26.8 Å². The van der Waals surface area contributed by atoms with Gasteiger partial charge in [0, 0.05) is 30.2 Å². The highest BCUT2D eigenvalue weighted by molar-refractivity contribution is 7.15. The summed E-state index contributed by atoms with van der Waals surface area (Å²) in [5, 5.41) is 4.44. The van der Waals surface area contributed by atoms with Crippen LogP contribution in [0.1, 0.15) is 31.7 Å². The van der Waals surface area contributed by atoms with E-state index in [1.165, 1.54) is 10.0 Å². The van der Waals surface area contributed by atoms with E-state index in [1.807, 2.05) is 24.6 Å². The van der Waals surface area contributed by atoms with Gasteiger partial charge in [0.2, 0.25) is 0 Å². The molecule has 0 aromatic carbocycles. The van der Waals surface area contributed by atoms with E-state index in [2.05, 4.69) is 36.0 Å². The van der Waals surface area contributed by atoms with Crippen LogP contribution in [-0.4, -0.2) is 25.1 Å². The number of hydrogen-bond donors (Lipinski definition) is 1. The third-order valence-corrected chi connectivity index (χ3v) is 4.87. The molecule has 1 aromatic rings. The smallest absolute Gasteiger partial charge is 0.185 e. The zero-order chi connectivity index (χ0) is 11.7. The molecule has 0 aliphatic carbocycles. The maximum Gasteiger partial charge on any atom is 0.185 e. The molecule has 1 aliphatic rings. The lowest BCUT2D eigenvalue weighted by atomic mass is 10.0. The van der Waals surface area contributed by atoms with Crippen LogP contribution in [0.2, 0.25) is 0 Å². The third-order valence-electron chi connectivity index (χ3n) is 3.63. The van der Waals surface area contributed by atoms with Crippen molar-refractivity contribution in [3.05, 3.63) is 11.1 Å². The molecule has 4 heteroatoms. The molecule has 1 fully saturated rings. The van der Waals surface area contributed by atoms with Crippen molar-refractivity contribution in [2.24, 2.45) is 11.8 Å². The minimum atomic E-state index is 0.406. The number of thiazole rings is 1. The molecule has 1 aromatic heterocycles. The molecular formula is C12H21N3S. The van der Waals surface area contributed by atoms with Crippen molar-refractivity contribution < 1.29 is 0 Å². The monoisotopic (exact) mass is 239 g/mol. The van der Waals surface area contributed by atoms with Crippen LogP contribution in [0.5, 0.6) is 0 Å². The Labute approximate surface area is 102 Å². The van der Waals surface area contributed by atoms with Crippen molar-refractivity contribution in [2.75, 3.05) is 25.0 Å². The summed E-state index contributed by atoms with van der Waals surface area (Å²) < 4.78 is 0. The van der Waals surface area contributed by atoms with Crippen molar-refractivity contribution in [3.63, 3.8) is 0 Å². The number of nitrogens with one attached hydrogen (secondary N) is 1. The normalized spacial score (nSPS) is 27.4. The molecule has 16 heavy (non-hydrogen) atoms. The van der Waals surface area contributed by atoms with Crippen molar-refractivity contribution in [1.82, 2.24) is 10.3 Å². The van der Waals surface area contributed by atoms with Gasteiger partial charge >= 0.3 is 0 Å². The van der Waals surface area contributed by atoms with Gasteiger partial charge in [-0.25, -0.2) is 4.98 Å². The number of hydrogen-bond acceptors (Lipinski definition) is 4. The molecule has 2 heterocycles. The predicted molar refractivity (Wildman–Crippen MR) is 70.1 cm³/mol. The molecule has 1 aliphatic heterocycles. The van der Waals surface area contributed by atoms with Gasteiger partial charge < -0.3 is 10.2 Å². The van der Waals surface area contributed by atoms with Gasteiger partial charge in [0.15, 0.2) is 5.13 Å². The van der Waals surface area contributed by atoms with Gasteiger partial charge in [0.1, 0.15) is 0 Å². The minimum Gasteiger partial charge on any atom is -0.348 e. The van der Waals surface area contributed by atoms with Crippen LogP contribution in [0, 0.1) is 11.8 Å². The van der Waals surface area contributed by atoms with E-state index >= 15 is 0 Å². The standard InChI is InChI=1S/C12H21N3S/c1-8-6-15(7-9(8)2)12-14-5-11(16-12)10(3)13-4/h5,8-10,13H,6-7H2,1-4H3. The zero-order valence-corrected chi connectivity index (χ0v) is 11.3. The molecule has 3 atom stereocenters. The summed E-state index contributed by atoms with van der Waals surface area (Å²) in [5.41, 5.74) is 0. The SMILES string of the molecule is CNC(C)c1cnc(N2CC(C)C(C)C2)s1. The van der Waals surface area contributed by atoms with Crippen molar-refractivity contribution >= 4 is 16.5 Å². The van der Waals surface area contributed by atoms with Crippen LogP contribution in [0.25, 0.3) is 0 Å². The first-order valence-electron chi connectivity index (χ1n) is 5.99. The van der Waals surface area contributed by atoms with E-state index in [-0.39, 0.29) is 0 Å². The van der Waals surface area contributed by atoms with Gasteiger partial charge in [0.25, 0.3) is 0 Å². The zero-order valence-electron chi connectivity index (χ0n) is 10.5. The molecule has 0 saturated carbocycles. The highest BCUT2D eigenvalue weighted by Gasteiger charge is 2.27.